The lowest BCUT2D eigenvalue weighted by Gasteiger charge is -2.20. The molecular weight excluding hydrogens is 424 g/mol. The standard InChI is InChI=1S/C25H26N2O6/c1-15-11-19(33-14-24(28)30-4)6-7-21(15)26-25(29)20-12-16(2)27(17(20)3)18-5-8-22-23(13-18)32-10-9-31-22/h5-8,11-13H,9-10,14H2,1-4H3,(H,26,29). The average molecular weight is 450 g/mol. The van der Waals surface area contributed by atoms with Crippen LogP contribution in [0, 0.1) is 20.8 Å². The SMILES string of the molecule is COC(=O)COc1ccc(NC(=O)c2cc(C)n(-c3ccc4c(c3)OCCO4)c2C)c(C)c1. The van der Waals surface area contributed by atoms with E-state index < -0.39 is 5.97 Å². The van der Waals surface area contributed by atoms with E-state index in [9.17, 15) is 9.59 Å². The lowest BCUT2D eigenvalue weighted by atomic mass is 10.1. The second-order valence-corrected chi connectivity index (χ2v) is 7.74. The molecule has 0 saturated heterocycles. The molecule has 2 aromatic carbocycles. The van der Waals surface area contributed by atoms with Crippen LogP contribution < -0.4 is 19.5 Å². The molecule has 2 heterocycles. The molecule has 0 unspecified atom stereocenters. The van der Waals surface area contributed by atoms with Crippen LogP contribution in [0.15, 0.2) is 42.5 Å². The molecule has 0 saturated carbocycles. The fraction of sp³-hybridized carbons (Fsp3) is 0.280. The van der Waals surface area contributed by atoms with Crippen molar-refractivity contribution in [2.24, 2.45) is 0 Å². The van der Waals surface area contributed by atoms with Gasteiger partial charge in [-0.3, -0.25) is 4.79 Å². The molecular formula is C25H26N2O6. The number of benzene rings is 2. The molecule has 1 N–H and O–H groups in total. The zero-order valence-corrected chi connectivity index (χ0v) is 19.1. The molecule has 1 amide bonds. The van der Waals surface area contributed by atoms with Crippen LogP contribution in [-0.2, 0) is 9.53 Å². The molecule has 8 nitrogen and oxygen atoms in total. The highest BCUT2D eigenvalue weighted by Crippen LogP contribution is 2.33. The third-order valence-electron chi connectivity index (χ3n) is 5.49. The summed E-state index contributed by atoms with van der Waals surface area (Å²) < 4.78 is 23.3. The predicted octanol–water partition coefficient (Wildman–Crippen LogP) is 3.98. The van der Waals surface area contributed by atoms with Gasteiger partial charge in [-0.25, -0.2) is 4.79 Å². The van der Waals surface area contributed by atoms with Crippen molar-refractivity contribution in [3.63, 3.8) is 0 Å². The molecule has 172 valence electrons. The second kappa shape index (κ2) is 9.28. The van der Waals surface area contributed by atoms with Crippen molar-refractivity contribution >= 4 is 17.6 Å². The quantitative estimate of drug-likeness (QED) is 0.572. The second-order valence-electron chi connectivity index (χ2n) is 7.74. The van der Waals surface area contributed by atoms with E-state index in [4.69, 9.17) is 14.2 Å². The van der Waals surface area contributed by atoms with Crippen LogP contribution in [0.5, 0.6) is 17.2 Å². The number of hydrogen-bond acceptors (Lipinski definition) is 6. The number of anilines is 1. The average Bonchev–Trinajstić information content (AvgIpc) is 3.12. The number of fused-ring (bicyclic) bond motifs is 1. The summed E-state index contributed by atoms with van der Waals surface area (Å²) >= 11 is 0. The van der Waals surface area contributed by atoms with Gasteiger partial charge in [-0.1, -0.05) is 0 Å². The Hall–Kier alpha value is -3.94. The van der Waals surface area contributed by atoms with E-state index in [2.05, 4.69) is 10.1 Å². The van der Waals surface area contributed by atoms with Gasteiger partial charge in [-0.05, 0) is 62.7 Å². The number of ether oxygens (including phenoxy) is 4. The predicted molar refractivity (Wildman–Crippen MR) is 123 cm³/mol. The lowest BCUT2D eigenvalue weighted by molar-refractivity contribution is -0.142. The summed E-state index contributed by atoms with van der Waals surface area (Å²) in [4.78, 5) is 24.3. The Bertz CT molecular complexity index is 1210. The van der Waals surface area contributed by atoms with Gasteiger partial charge in [0.15, 0.2) is 18.1 Å². The van der Waals surface area contributed by atoms with Crippen molar-refractivity contribution in [3.8, 4) is 22.9 Å². The lowest BCUT2D eigenvalue weighted by Crippen LogP contribution is -2.16. The van der Waals surface area contributed by atoms with Gasteiger partial charge in [0.2, 0.25) is 0 Å². The Balaban J connectivity index is 1.53. The van der Waals surface area contributed by atoms with Crippen LogP contribution in [0.2, 0.25) is 0 Å². The van der Waals surface area contributed by atoms with E-state index in [0.29, 0.717) is 36.0 Å². The van der Waals surface area contributed by atoms with Gasteiger partial charge in [0.25, 0.3) is 5.91 Å². The van der Waals surface area contributed by atoms with E-state index in [1.54, 1.807) is 18.2 Å². The minimum Gasteiger partial charge on any atom is -0.486 e. The highest BCUT2D eigenvalue weighted by molar-refractivity contribution is 6.05. The van der Waals surface area contributed by atoms with Crippen LogP contribution in [-0.4, -0.2) is 43.4 Å². The Kier molecular flexibility index (Phi) is 6.26. The van der Waals surface area contributed by atoms with Gasteiger partial charge in [-0.15, -0.1) is 0 Å². The van der Waals surface area contributed by atoms with Crippen molar-refractivity contribution in [2.75, 3.05) is 32.2 Å². The minimum atomic E-state index is -0.460. The van der Waals surface area contributed by atoms with Crippen molar-refractivity contribution in [2.45, 2.75) is 20.8 Å². The highest BCUT2D eigenvalue weighted by atomic mass is 16.6. The van der Waals surface area contributed by atoms with Gasteiger partial charge in [-0.2, -0.15) is 0 Å². The third kappa shape index (κ3) is 4.64. The number of nitrogens with one attached hydrogen (secondary N) is 1. The summed E-state index contributed by atoms with van der Waals surface area (Å²) in [6, 6.07) is 12.8. The van der Waals surface area contributed by atoms with E-state index >= 15 is 0 Å². The van der Waals surface area contributed by atoms with E-state index in [1.807, 2.05) is 49.6 Å². The van der Waals surface area contributed by atoms with Crippen LogP contribution in [0.4, 0.5) is 5.69 Å². The monoisotopic (exact) mass is 450 g/mol. The smallest absolute Gasteiger partial charge is 0.343 e. The van der Waals surface area contributed by atoms with Crippen LogP contribution in [0.3, 0.4) is 0 Å². The number of hydrogen-bond donors (Lipinski definition) is 1. The van der Waals surface area contributed by atoms with Crippen molar-refractivity contribution in [3.05, 3.63) is 65.0 Å². The van der Waals surface area contributed by atoms with Crippen LogP contribution >= 0.6 is 0 Å². The van der Waals surface area contributed by atoms with Crippen LogP contribution in [0.25, 0.3) is 5.69 Å². The number of carbonyl (C=O) groups is 2. The molecule has 0 bridgehead atoms. The maximum Gasteiger partial charge on any atom is 0.343 e. The van der Waals surface area contributed by atoms with Gasteiger partial charge in [0.1, 0.15) is 19.0 Å². The Morgan fingerprint density at radius 3 is 2.48 bits per heavy atom. The minimum absolute atomic E-state index is 0.173. The normalized spacial score (nSPS) is 12.2. The Morgan fingerprint density at radius 1 is 1.00 bits per heavy atom. The summed E-state index contributed by atoms with van der Waals surface area (Å²) in [5, 5.41) is 2.97. The molecule has 33 heavy (non-hydrogen) atoms. The molecule has 0 aliphatic carbocycles. The zero-order chi connectivity index (χ0) is 23.5. The maximum absolute atomic E-state index is 13.1. The van der Waals surface area contributed by atoms with Gasteiger partial charge >= 0.3 is 5.97 Å². The van der Waals surface area contributed by atoms with Gasteiger partial charge in [0.05, 0.1) is 12.7 Å². The molecule has 1 aliphatic heterocycles. The first kappa shape index (κ1) is 22.3. The Labute approximate surface area is 192 Å². The first-order chi connectivity index (χ1) is 15.9. The number of amides is 1. The van der Waals surface area contributed by atoms with Gasteiger partial charge < -0.3 is 28.8 Å². The molecule has 4 rings (SSSR count). The fourth-order valence-electron chi connectivity index (χ4n) is 3.82. The summed E-state index contributed by atoms with van der Waals surface area (Å²) in [5.41, 5.74) is 4.69. The number of aromatic nitrogens is 1. The maximum atomic E-state index is 13.1. The summed E-state index contributed by atoms with van der Waals surface area (Å²) in [6.45, 7) is 6.61. The summed E-state index contributed by atoms with van der Waals surface area (Å²) in [7, 11) is 1.31. The number of aryl methyl sites for hydroxylation is 2. The number of esters is 1. The fourth-order valence-corrected chi connectivity index (χ4v) is 3.82. The number of rotatable bonds is 6. The zero-order valence-electron chi connectivity index (χ0n) is 19.1. The first-order valence-electron chi connectivity index (χ1n) is 10.6. The molecule has 8 heteroatoms. The summed E-state index contributed by atoms with van der Waals surface area (Å²) in [6.07, 6.45) is 0. The number of nitrogens with zero attached hydrogens (tertiary/aromatic N) is 1. The third-order valence-corrected chi connectivity index (χ3v) is 5.49. The van der Waals surface area contributed by atoms with Crippen molar-refractivity contribution in [1.29, 1.82) is 0 Å². The highest BCUT2D eigenvalue weighted by Gasteiger charge is 2.19. The molecule has 0 radical (unpaired) electrons. The van der Waals surface area contributed by atoms with Crippen LogP contribution in [0.1, 0.15) is 27.3 Å². The van der Waals surface area contributed by atoms with E-state index in [1.165, 1.54) is 7.11 Å². The number of carbonyl (C=O) groups excluding carboxylic acids is 2. The van der Waals surface area contributed by atoms with E-state index in [0.717, 1.165) is 28.4 Å². The van der Waals surface area contributed by atoms with Gasteiger partial charge in [0, 0.05) is 28.8 Å². The first-order valence-corrected chi connectivity index (χ1v) is 10.6. The summed E-state index contributed by atoms with van der Waals surface area (Å²) in [5.74, 6) is 1.27. The largest absolute Gasteiger partial charge is 0.486 e. The molecule has 0 fully saturated rings. The van der Waals surface area contributed by atoms with Crippen molar-refractivity contribution < 1.29 is 28.5 Å². The Morgan fingerprint density at radius 2 is 1.76 bits per heavy atom. The molecule has 3 aromatic rings. The molecule has 1 aromatic heterocycles. The van der Waals surface area contributed by atoms with E-state index in [-0.39, 0.29) is 12.5 Å². The molecule has 1 aliphatic rings. The van der Waals surface area contributed by atoms with Crippen molar-refractivity contribution in [1.82, 2.24) is 4.57 Å². The molecule has 0 spiro atoms. The number of methoxy groups -OCH3 is 1. The topological polar surface area (TPSA) is 88.0 Å². The molecule has 0 atom stereocenters.